The highest BCUT2D eigenvalue weighted by atomic mass is 79.9. The number of nitrogens with zero attached hydrogens (tertiary/aromatic N) is 1. The summed E-state index contributed by atoms with van der Waals surface area (Å²) >= 11 is 3.45. The van der Waals surface area contributed by atoms with E-state index >= 15 is 0 Å². The summed E-state index contributed by atoms with van der Waals surface area (Å²) in [6, 6.07) is 7.98. The van der Waals surface area contributed by atoms with Crippen molar-refractivity contribution >= 4 is 27.0 Å². The highest BCUT2D eigenvalue weighted by Crippen LogP contribution is 2.26. The van der Waals surface area contributed by atoms with E-state index in [0.29, 0.717) is 16.9 Å². The van der Waals surface area contributed by atoms with Crippen molar-refractivity contribution in [2.24, 2.45) is 0 Å². The maximum atomic E-state index is 13.1. The fourth-order valence-corrected chi connectivity index (χ4v) is 2.26. The van der Waals surface area contributed by atoms with Crippen LogP contribution >= 0.6 is 15.9 Å². The van der Waals surface area contributed by atoms with Gasteiger partial charge in [-0.3, -0.25) is 0 Å². The van der Waals surface area contributed by atoms with E-state index in [-0.39, 0.29) is 0 Å². The molecule has 3 rings (SSSR count). The third-order valence-corrected chi connectivity index (χ3v) is 3.82. The molecule has 0 fully saturated rings. The Labute approximate surface area is 116 Å². The first-order valence-electron chi connectivity index (χ1n) is 5.66. The normalized spacial score (nSPS) is 11.2. The average Bonchev–Trinajstić information content (AvgIpc) is 2.76. The van der Waals surface area contributed by atoms with Gasteiger partial charge in [0.1, 0.15) is 5.82 Å². The molecule has 0 aliphatic heterocycles. The number of nitrogens with one attached hydrogen (secondary N) is 1. The third kappa shape index (κ3) is 2.14. The molecule has 1 aromatic heterocycles. The molecular formula is C14H9BrF2N2. The molecule has 1 heterocycles. The van der Waals surface area contributed by atoms with Gasteiger partial charge in [0, 0.05) is 22.2 Å². The number of imidazole rings is 1. The van der Waals surface area contributed by atoms with E-state index < -0.39 is 11.6 Å². The molecule has 1 N–H and O–H groups in total. The van der Waals surface area contributed by atoms with E-state index in [1.807, 2.05) is 25.1 Å². The minimum atomic E-state index is -0.893. The summed E-state index contributed by atoms with van der Waals surface area (Å²) in [7, 11) is 0. The molecule has 0 aliphatic rings. The lowest BCUT2D eigenvalue weighted by molar-refractivity contribution is 0.510. The van der Waals surface area contributed by atoms with Crippen LogP contribution < -0.4 is 0 Å². The molecule has 0 aliphatic carbocycles. The second-order valence-electron chi connectivity index (χ2n) is 4.33. The molecule has 2 nitrogen and oxygen atoms in total. The Morgan fingerprint density at radius 2 is 1.84 bits per heavy atom. The van der Waals surface area contributed by atoms with E-state index in [0.717, 1.165) is 27.7 Å². The summed E-state index contributed by atoms with van der Waals surface area (Å²) in [5.74, 6) is -1.19. The van der Waals surface area contributed by atoms with Crippen LogP contribution in [0.1, 0.15) is 5.56 Å². The van der Waals surface area contributed by atoms with E-state index in [2.05, 4.69) is 25.9 Å². The summed E-state index contributed by atoms with van der Waals surface area (Å²) in [5.41, 5.74) is 2.85. The lowest BCUT2D eigenvalue weighted by Gasteiger charge is -2.00. The van der Waals surface area contributed by atoms with Gasteiger partial charge in [-0.25, -0.2) is 13.8 Å². The quantitative estimate of drug-likeness (QED) is 0.698. The Hall–Kier alpha value is -1.75. The number of aromatic amines is 1. The molecule has 5 heteroatoms. The number of aryl methyl sites for hydroxylation is 1. The second kappa shape index (κ2) is 4.42. The molecule has 0 bridgehead atoms. The Morgan fingerprint density at radius 1 is 1.11 bits per heavy atom. The van der Waals surface area contributed by atoms with Gasteiger partial charge in [0.05, 0.1) is 11.0 Å². The zero-order chi connectivity index (χ0) is 13.6. The second-order valence-corrected chi connectivity index (χ2v) is 5.19. The number of rotatable bonds is 1. The number of hydrogen-bond acceptors (Lipinski definition) is 1. The van der Waals surface area contributed by atoms with Crippen molar-refractivity contribution in [1.82, 2.24) is 9.97 Å². The molecule has 0 radical (unpaired) electrons. The van der Waals surface area contributed by atoms with Gasteiger partial charge in [-0.15, -0.1) is 0 Å². The maximum absolute atomic E-state index is 13.1. The number of H-pyrrole nitrogens is 1. The highest BCUT2D eigenvalue weighted by molar-refractivity contribution is 9.10. The minimum absolute atomic E-state index is 0.408. The van der Waals surface area contributed by atoms with Gasteiger partial charge >= 0.3 is 0 Å². The first kappa shape index (κ1) is 12.3. The monoisotopic (exact) mass is 322 g/mol. The van der Waals surface area contributed by atoms with Crippen LogP contribution in [0.25, 0.3) is 22.4 Å². The predicted octanol–water partition coefficient (Wildman–Crippen LogP) is 4.58. The van der Waals surface area contributed by atoms with Crippen molar-refractivity contribution in [3.8, 4) is 11.4 Å². The third-order valence-electron chi connectivity index (χ3n) is 2.97. The predicted molar refractivity (Wildman–Crippen MR) is 73.9 cm³/mol. The molecule has 0 spiro atoms. The highest BCUT2D eigenvalue weighted by Gasteiger charge is 2.10. The molecule has 19 heavy (non-hydrogen) atoms. The SMILES string of the molecule is Cc1ccc(-c2nc3cc(F)c(F)cc3[nH]2)cc1Br. The van der Waals surface area contributed by atoms with Gasteiger partial charge in [-0.1, -0.05) is 28.1 Å². The van der Waals surface area contributed by atoms with Gasteiger partial charge in [0.25, 0.3) is 0 Å². The summed E-state index contributed by atoms with van der Waals surface area (Å²) < 4.78 is 27.2. The maximum Gasteiger partial charge on any atom is 0.161 e. The van der Waals surface area contributed by atoms with Crippen LogP contribution in [0.5, 0.6) is 0 Å². The summed E-state index contributed by atoms with van der Waals surface area (Å²) in [6.07, 6.45) is 0. The van der Waals surface area contributed by atoms with Crippen molar-refractivity contribution in [2.45, 2.75) is 6.92 Å². The Morgan fingerprint density at radius 3 is 2.58 bits per heavy atom. The first-order chi connectivity index (χ1) is 9.04. The number of benzene rings is 2. The van der Waals surface area contributed by atoms with Crippen LogP contribution in [0.15, 0.2) is 34.8 Å². The lowest BCUT2D eigenvalue weighted by Crippen LogP contribution is -1.82. The van der Waals surface area contributed by atoms with E-state index in [1.54, 1.807) is 0 Å². The fourth-order valence-electron chi connectivity index (χ4n) is 1.88. The molecule has 0 atom stereocenters. The number of hydrogen-bond donors (Lipinski definition) is 1. The summed E-state index contributed by atoms with van der Waals surface area (Å²) in [5, 5.41) is 0. The molecule has 0 unspecified atom stereocenters. The van der Waals surface area contributed by atoms with Crippen LogP contribution in [-0.4, -0.2) is 9.97 Å². The summed E-state index contributed by atoms with van der Waals surface area (Å²) in [6.45, 7) is 1.98. The van der Waals surface area contributed by atoms with E-state index in [9.17, 15) is 8.78 Å². The molecule has 2 aromatic carbocycles. The molecule has 0 saturated heterocycles. The number of halogens is 3. The largest absolute Gasteiger partial charge is 0.338 e. The van der Waals surface area contributed by atoms with Crippen LogP contribution in [0.4, 0.5) is 8.78 Å². The zero-order valence-corrected chi connectivity index (χ0v) is 11.6. The summed E-state index contributed by atoms with van der Waals surface area (Å²) in [4.78, 5) is 7.26. The van der Waals surface area contributed by atoms with Crippen molar-refractivity contribution in [2.75, 3.05) is 0 Å². The van der Waals surface area contributed by atoms with Crippen LogP contribution in [-0.2, 0) is 0 Å². The van der Waals surface area contributed by atoms with E-state index in [1.165, 1.54) is 0 Å². The van der Waals surface area contributed by atoms with E-state index in [4.69, 9.17) is 0 Å². The molecule has 3 aromatic rings. The fraction of sp³-hybridized carbons (Fsp3) is 0.0714. The topological polar surface area (TPSA) is 28.7 Å². The minimum Gasteiger partial charge on any atom is -0.338 e. The molecular weight excluding hydrogens is 314 g/mol. The average molecular weight is 323 g/mol. The molecule has 0 amide bonds. The van der Waals surface area contributed by atoms with Gasteiger partial charge in [-0.05, 0) is 18.6 Å². The first-order valence-corrected chi connectivity index (χ1v) is 6.45. The molecule has 96 valence electrons. The number of fused-ring (bicyclic) bond motifs is 1. The van der Waals surface area contributed by atoms with Crippen LogP contribution in [0.3, 0.4) is 0 Å². The van der Waals surface area contributed by atoms with Gasteiger partial charge in [-0.2, -0.15) is 0 Å². The zero-order valence-electron chi connectivity index (χ0n) is 9.97. The standard InChI is InChI=1S/C14H9BrF2N2/c1-7-2-3-8(4-9(7)15)14-18-12-5-10(16)11(17)6-13(12)19-14/h2-6H,1H3,(H,18,19). The van der Waals surface area contributed by atoms with Gasteiger partial charge in [0.2, 0.25) is 0 Å². The Bertz CT molecular complexity index is 741. The van der Waals surface area contributed by atoms with Crippen LogP contribution in [0.2, 0.25) is 0 Å². The smallest absolute Gasteiger partial charge is 0.161 e. The van der Waals surface area contributed by atoms with Crippen LogP contribution in [0, 0.1) is 18.6 Å². The van der Waals surface area contributed by atoms with Crippen molar-refractivity contribution in [3.63, 3.8) is 0 Å². The number of aromatic nitrogens is 2. The van der Waals surface area contributed by atoms with Crippen molar-refractivity contribution < 1.29 is 8.78 Å². The Balaban J connectivity index is 2.17. The van der Waals surface area contributed by atoms with Crippen molar-refractivity contribution in [1.29, 1.82) is 0 Å². The van der Waals surface area contributed by atoms with Gasteiger partial charge < -0.3 is 4.98 Å². The lowest BCUT2D eigenvalue weighted by atomic mass is 10.1. The molecule has 0 saturated carbocycles. The van der Waals surface area contributed by atoms with Crippen molar-refractivity contribution in [3.05, 3.63) is 52.0 Å². The Kier molecular flexibility index (Phi) is 2.86. The van der Waals surface area contributed by atoms with Gasteiger partial charge in [0.15, 0.2) is 11.6 Å².